The topological polar surface area (TPSA) is 93.1 Å². The Balaban J connectivity index is 1.43. The molecule has 1 N–H and O–H groups in total. The van der Waals surface area contributed by atoms with Gasteiger partial charge in [0.2, 0.25) is 11.9 Å². The number of carbonyl (C=O) groups excluding carboxylic acids is 1. The van der Waals surface area contributed by atoms with Crippen molar-refractivity contribution in [3.63, 3.8) is 0 Å². The fourth-order valence-electron chi connectivity index (χ4n) is 3.95. The van der Waals surface area contributed by atoms with Crippen LogP contribution in [-0.4, -0.2) is 46.0 Å². The second-order valence-corrected chi connectivity index (χ2v) is 8.07. The Kier molecular flexibility index (Phi) is 5.56. The van der Waals surface area contributed by atoms with Gasteiger partial charge in [-0.25, -0.2) is 9.97 Å². The van der Waals surface area contributed by atoms with Crippen LogP contribution in [0.25, 0.3) is 22.2 Å². The highest BCUT2D eigenvalue weighted by Gasteiger charge is 2.33. The zero-order valence-corrected chi connectivity index (χ0v) is 18.5. The third kappa shape index (κ3) is 4.32. The van der Waals surface area contributed by atoms with Crippen LogP contribution in [0.3, 0.4) is 0 Å². The van der Waals surface area contributed by atoms with Gasteiger partial charge < -0.3 is 15.0 Å². The SMILES string of the molecule is COc1cccc(-c2ncc(CNC(C)=O)nc2C2CN(c3ncc4ccccc4n3)C2)c1. The van der Waals surface area contributed by atoms with Gasteiger partial charge >= 0.3 is 0 Å². The van der Waals surface area contributed by atoms with Gasteiger partial charge in [-0.3, -0.25) is 14.8 Å². The molecule has 0 unspecified atom stereocenters. The number of hydrogen-bond acceptors (Lipinski definition) is 7. The van der Waals surface area contributed by atoms with E-state index in [1.807, 2.05) is 54.7 Å². The Labute approximate surface area is 191 Å². The molecule has 3 heterocycles. The number of hydrogen-bond donors (Lipinski definition) is 1. The third-order valence-electron chi connectivity index (χ3n) is 5.74. The van der Waals surface area contributed by atoms with E-state index in [0.29, 0.717) is 6.54 Å². The first-order valence-corrected chi connectivity index (χ1v) is 10.8. The van der Waals surface area contributed by atoms with Gasteiger partial charge in [0.25, 0.3) is 0 Å². The van der Waals surface area contributed by atoms with Gasteiger partial charge in [-0.05, 0) is 18.2 Å². The number of para-hydroxylation sites is 1. The normalized spacial score (nSPS) is 13.6. The van der Waals surface area contributed by atoms with E-state index in [1.54, 1.807) is 13.3 Å². The number of aromatic nitrogens is 4. The minimum Gasteiger partial charge on any atom is -0.497 e. The van der Waals surface area contributed by atoms with E-state index in [9.17, 15) is 4.79 Å². The maximum atomic E-state index is 11.4. The van der Waals surface area contributed by atoms with Crippen LogP contribution < -0.4 is 15.0 Å². The lowest BCUT2D eigenvalue weighted by Crippen LogP contribution is -2.46. The lowest BCUT2D eigenvalue weighted by Gasteiger charge is -2.39. The highest BCUT2D eigenvalue weighted by atomic mass is 16.5. The smallest absolute Gasteiger partial charge is 0.225 e. The van der Waals surface area contributed by atoms with E-state index >= 15 is 0 Å². The molecule has 8 heteroatoms. The van der Waals surface area contributed by atoms with Crippen LogP contribution in [-0.2, 0) is 11.3 Å². The molecule has 1 saturated heterocycles. The van der Waals surface area contributed by atoms with Crippen molar-refractivity contribution in [2.24, 2.45) is 0 Å². The Bertz CT molecular complexity index is 1320. The summed E-state index contributed by atoms with van der Waals surface area (Å²) in [6, 6.07) is 15.8. The van der Waals surface area contributed by atoms with Crippen molar-refractivity contribution >= 4 is 22.8 Å². The summed E-state index contributed by atoms with van der Waals surface area (Å²) >= 11 is 0. The van der Waals surface area contributed by atoms with Crippen molar-refractivity contribution in [2.45, 2.75) is 19.4 Å². The second-order valence-electron chi connectivity index (χ2n) is 8.07. The molecule has 2 aromatic heterocycles. The first kappa shape index (κ1) is 20.8. The first-order valence-electron chi connectivity index (χ1n) is 10.8. The summed E-state index contributed by atoms with van der Waals surface area (Å²) in [6.07, 6.45) is 3.58. The van der Waals surface area contributed by atoms with Crippen molar-refractivity contribution in [3.8, 4) is 17.0 Å². The fraction of sp³-hybridized carbons (Fsp3) is 0.240. The molecule has 5 rings (SSSR count). The summed E-state index contributed by atoms with van der Waals surface area (Å²) in [5.41, 5.74) is 4.34. The minimum absolute atomic E-state index is 0.0986. The zero-order valence-electron chi connectivity index (χ0n) is 18.5. The summed E-state index contributed by atoms with van der Waals surface area (Å²) in [7, 11) is 1.65. The molecule has 4 aromatic rings. The first-order chi connectivity index (χ1) is 16.1. The van der Waals surface area contributed by atoms with Crippen molar-refractivity contribution in [1.82, 2.24) is 25.3 Å². The number of anilines is 1. The predicted molar refractivity (Wildman–Crippen MR) is 126 cm³/mol. The number of nitrogens with zero attached hydrogens (tertiary/aromatic N) is 5. The molecule has 166 valence electrons. The summed E-state index contributed by atoms with van der Waals surface area (Å²) in [5, 5.41) is 3.82. The molecule has 1 fully saturated rings. The number of benzene rings is 2. The number of carbonyl (C=O) groups is 1. The van der Waals surface area contributed by atoms with Gasteiger partial charge in [0.1, 0.15) is 5.75 Å². The van der Waals surface area contributed by atoms with E-state index in [1.165, 1.54) is 6.92 Å². The van der Waals surface area contributed by atoms with Gasteiger partial charge in [0, 0.05) is 43.1 Å². The van der Waals surface area contributed by atoms with Gasteiger partial charge in [-0.2, -0.15) is 0 Å². The number of ether oxygens (including phenoxy) is 1. The maximum Gasteiger partial charge on any atom is 0.225 e. The molecule has 0 atom stereocenters. The Hall–Kier alpha value is -4.07. The van der Waals surface area contributed by atoms with Gasteiger partial charge in [0.05, 0.1) is 42.4 Å². The molecule has 1 amide bonds. The van der Waals surface area contributed by atoms with E-state index < -0.39 is 0 Å². The molecular weight excluding hydrogens is 416 g/mol. The summed E-state index contributed by atoms with van der Waals surface area (Å²) in [6.45, 7) is 3.32. The molecular formula is C25H24N6O2. The van der Waals surface area contributed by atoms with Crippen molar-refractivity contribution in [1.29, 1.82) is 0 Å². The summed E-state index contributed by atoms with van der Waals surface area (Å²) in [5.74, 6) is 1.56. The van der Waals surface area contributed by atoms with Crippen LogP contribution in [0.5, 0.6) is 5.75 Å². The van der Waals surface area contributed by atoms with E-state index in [-0.39, 0.29) is 11.8 Å². The van der Waals surface area contributed by atoms with Crippen LogP contribution in [0.15, 0.2) is 60.9 Å². The second kappa shape index (κ2) is 8.82. The third-order valence-corrected chi connectivity index (χ3v) is 5.74. The van der Waals surface area contributed by atoms with Crippen LogP contribution in [0, 0.1) is 0 Å². The highest BCUT2D eigenvalue weighted by Crippen LogP contribution is 2.35. The molecule has 8 nitrogen and oxygen atoms in total. The van der Waals surface area contributed by atoms with Gasteiger partial charge in [-0.15, -0.1) is 0 Å². The Morgan fingerprint density at radius 1 is 1.09 bits per heavy atom. The average Bonchev–Trinajstić information content (AvgIpc) is 2.82. The van der Waals surface area contributed by atoms with Crippen molar-refractivity contribution in [3.05, 3.63) is 72.3 Å². The number of nitrogens with one attached hydrogen (secondary N) is 1. The van der Waals surface area contributed by atoms with Crippen LogP contribution in [0.1, 0.15) is 24.2 Å². The Morgan fingerprint density at radius 3 is 2.76 bits per heavy atom. The predicted octanol–water partition coefficient (Wildman–Crippen LogP) is 3.34. The van der Waals surface area contributed by atoms with E-state index in [4.69, 9.17) is 19.7 Å². The van der Waals surface area contributed by atoms with Crippen LogP contribution in [0.4, 0.5) is 5.95 Å². The van der Waals surface area contributed by atoms with Crippen molar-refractivity contribution < 1.29 is 9.53 Å². The zero-order chi connectivity index (χ0) is 22.8. The molecule has 0 radical (unpaired) electrons. The average molecular weight is 441 g/mol. The molecule has 0 saturated carbocycles. The largest absolute Gasteiger partial charge is 0.497 e. The molecule has 2 aromatic carbocycles. The number of rotatable bonds is 6. The molecule has 0 spiro atoms. The van der Waals surface area contributed by atoms with Crippen LogP contribution in [0.2, 0.25) is 0 Å². The molecule has 0 aliphatic carbocycles. The lowest BCUT2D eigenvalue weighted by atomic mass is 9.92. The quantitative estimate of drug-likeness (QED) is 0.491. The standard InChI is InChI=1S/C25H24N6O2/c1-16(32)26-12-20-13-27-23(17-7-5-8-21(10-17)33-2)24(29-20)19-14-31(15-19)25-28-11-18-6-3-4-9-22(18)30-25/h3-11,13,19H,12,14-15H2,1-2H3,(H,26,32). The summed E-state index contributed by atoms with van der Waals surface area (Å²) in [4.78, 5) is 32.4. The molecule has 33 heavy (non-hydrogen) atoms. The molecule has 1 aliphatic rings. The number of fused-ring (bicyclic) bond motifs is 1. The fourth-order valence-corrected chi connectivity index (χ4v) is 3.95. The lowest BCUT2D eigenvalue weighted by molar-refractivity contribution is -0.119. The van der Waals surface area contributed by atoms with E-state index in [0.717, 1.165) is 58.3 Å². The van der Waals surface area contributed by atoms with Gasteiger partial charge in [-0.1, -0.05) is 30.3 Å². The molecule has 0 bridgehead atoms. The number of methoxy groups -OCH3 is 1. The maximum absolute atomic E-state index is 11.4. The minimum atomic E-state index is -0.0986. The highest BCUT2D eigenvalue weighted by molar-refractivity contribution is 5.78. The molecule has 1 aliphatic heterocycles. The van der Waals surface area contributed by atoms with E-state index in [2.05, 4.69) is 15.2 Å². The monoisotopic (exact) mass is 440 g/mol. The van der Waals surface area contributed by atoms with Crippen molar-refractivity contribution in [2.75, 3.05) is 25.1 Å². The summed E-state index contributed by atoms with van der Waals surface area (Å²) < 4.78 is 5.40. The number of amides is 1. The Morgan fingerprint density at radius 2 is 1.94 bits per heavy atom. The van der Waals surface area contributed by atoms with Gasteiger partial charge in [0.15, 0.2) is 0 Å². The van der Waals surface area contributed by atoms with Crippen LogP contribution >= 0.6 is 0 Å².